The minimum absolute atomic E-state index is 0.0111. The molecule has 1 heterocycles. The number of likely N-dealkylation sites (tertiary alicyclic amines) is 1. The predicted molar refractivity (Wildman–Crippen MR) is 110 cm³/mol. The van der Waals surface area contributed by atoms with Crippen molar-refractivity contribution in [1.29, 1.82) is 0 Å². The van der Waals surface area contributed by atoms with E-state index in [1.54, 1.807) is 33.3 Å². The van der Waals surface area contributed by atoms with Gasteiger partial charge < -0.3 is 14.8 Å². The third-order valence-corrected chi connectivity index (χ3v) is 5.28. The van der Waals surface area contributed by atoms with Gasteiger partial charge in [-0.15, -0.1) is 0 Å². The van der Waals surface area contributed by atoms with Gasteiger partial charge >= 0.3 is 0 Å². The zero-order valence-corrected chi connectivity index (χ0v) is 16.8. The molecule has 1 aliphatic rings. The van der Waals surface area contributed by atoms with Crippen molar-refractivity contribution in [3.05, 3.63) is 57.6 Å². The van der Waals surface area contributed by atoms with Crippen LogP contribution in [-0.2, 0) is 4.79 Å². The maximum absolute atomic E-state index is 12.7. The van der Waals surface area contributed by atoms with Gasteiger partial charge in [0.05, 0.1) is 36.9 Å². The van der Waals surface area contributed by atoms with Crippen LogP contribution >= 0.6 is 0 Å². The fourth-order valence-corrected chi connectivity index (χ4v) is 3.80. The number of carbonyl (C=O) groups is 1. The lowest BCUT2D eigenvalue weighted by molar-refractivity contribution is -0.385. The van der Waals surface area contributed by atoms with E-state index in [1.165, 1.54) is 6.07 Å². The summed E-state index contributed by atoms with van der Waals surface area (Å²) in [6.45, 7) is 2.60. The number of methoxy groups -OCH3 is 2. The number of rotatable bonds is 7. The summed E-state index contributed by atoms with van der Waals surface area (Å²) in [6.07, 6.45) is 1.88. The molecule has 8 nitrogen and oxygen atoms in total. The number of hydrogen-bond acceptors (Lipinski definition) is 6. The molecule has 1 aliphatic heterocycles. The zero-order valence-electron chi connectivity index (χ0n) is 16.8. The van der Waals surface area contributed by atoms with Crippen LogP contribution in [0.15, 0.2) is 36.4 Å². The van der Waals surface area contributed by atoms with Crippen LogP contribution in [0.2, 0.25) is 0 Å². The highest BCUT2D eigenvalue weighted by Crippen LogP contribution is 2.38. The van der Waals surface area contributed by atoms with Crippen molar-refractivity contribution in [2.45, 2.75) is 25.8 Å². The molecule has 29 heavy (non-hydrogen) atoms. The summed E-state index contributed by atoms with van der Waals surface area (Å²) in [5.74, 6) is 1.30. The number of benzene rings is 2. The van der Waals surface area contributed by atoms with Crippen molar-refractivity contribution >= 4 is 17.3 Å². The average molecular weight is 399 g/mol. The van der Waals surface area contributed by atoms with Gasteiger partial charge in [-0.2, -0.15) is 0 Å². The molecule has 0 saturated carbocycles. The number of nitrogens with one attached hydrogen (secondary N) is 1. The van der Waals surface area contributed by atoms with Crippen LogP contribution in [0.4, 0.5) is 11.4 Å². The molecule has 0 unspecified atom stereocenters. The number of anilines is 1. The summed E-state index contributed by atoms with van der Waals surface area (Å²) in [6, 6.07) is 10.4. The summed E-state index contributed by atoms with van der Waals surface area (Å²) in [7, 11) is 3.25. The molecule has 0 aliphatic carbocycles. The van der Waals surface area contributed by atoms with Crippen LogP contribution in [-0.4, -0.2) is 43.0 Å². The predicted octanol–water partition coefficient (Wildman–Crippen LogP) is 3.70. The van der Waals surface area contributed by atoms with Crippen molar-refractivity contribution in [3.8, 4) is 11.5 Å². The van der Waals surface area contributed by atoms with E-state index in [9.17, 15) is 14.9 Å². The minimum Gasteiger partial charge on any atom is -0.497 e. The van der Waals surface area contributed by atoms with Crippen LogP contribution in [0.25, 0.3) is 0 Å². The van der Waals surface area contributed by atoms with E-state index in [2.05, 4.69) is 10.2 Å². The van der Waals surface area contributed by atoms with Crippen molar-refractivity contribution in [2.75, 3.05) is 32.6 Å². The molecule has 2 aromatic rings. The largest absolute Gasteiger partial charge is 0.497 e. The van der Waals surface area contributed by atoms with Crippen molar-refractivity contribution in [1.82, 2.24) is 4.90 Å². The Bertz CT molecular complexity index is 915. The molecule has 8 heteroatoms. The first-order chi connectivity index (χ1) is 13.9. The zero-order chi connectivity index (χ0) is 21.0. The lowest BCUT2D eigenvalue weighted by Crippen LogP contribution is -2.33. The van der Waals surface area contributed by atoms with E-state index in [4.69, 9.17) is 9.47 Å². The monoisotopic (exact) mass is 399 g/mol. The van der Waals surface area contributed by atoms with Gasteiger partial charge in [-0.25, -0.2) is 0 Å². The summed E-state index contributed by atoms with van der Waals surface area (Å²) in [5, 5.41) is 13.9. The Morgan fingerprint density at radius 3 is 2.76 bits per heavy atom. The molecule has 1 saturated heterocycles. The Kier molecular flexibility index (Phi) is 6.33. The number of nitro groups is 1. The smallest absolute Gasteiger partial charge is 0.274 e. The van der Waals surface area contributed by atoms with Crippen molar-refractivity contribution < 1.29 is 19.2 Å². The molecule has 0 spiro atoms. The molecule has 0 aromatic heterocycles. The van der Waals surface area contributed by atoms with Crippen LogP contribution < -0.4 is 14.8 Å². The Morgan fingerprint density at radius 2 is 2.07 bits per heavy atom. The second kappa shape index (κ2) is 8.91. The van der Waals surface area contributed by atoms with Gasteiger partial charge in [-0.3, -0.25) is 19.8 Å². The highest BCUT2D eigenvalue weighted by Gasteiger charge is 2.30. The second-order valence-electron chi connectivity index (χ2n) is 6.99. The summed E-state index contributed by atoms with van der Waals surface area (Å²) < 4.78 is 10.9. The number of hydrogen-bond donors (Lipinski definition) is 1. The van der Waals surface area contributed by atoms with Gasteiger partial charge in [-0.1, -0.05) is 6.07 Å². The lowest BCUT2D eigenvalue weighted by atomic mass is 10.0. The van der Waals surface area contributed by atoms with Crippen molar-refractivity contribution in [2.24, 2.45) is 0 Å². The van der Waals surface area contributed by atoms with Crippen LogP contribution in [0.3, 0.4) is 0 Å². The van der Waals surface area contributed by atoms with E-state index >= 15 is 0 Å². The van der Waals surface area contributed by atoms with E-state index in [0.717, 1.165) is 36.4 Å². The van der Waals surface area contributed by atoms with Crippen molar-refractivity contribution in [3.63, 3.8) is 0 Å². The van der Waals surface area contributed by atoms with Crippen LogP contribution in [0.5, 0.6) is 11.5 Å². The molecule has 1 amide bonds. The molecular weight excluding hydrogens is 374 g/mol. The standard InChI is InChI=1S/C21H25N3O5/c1-14-17(6-4-7-18(14)24(26)27)22-21(25)13-23-11-5-8-19(23)16-12-15(28-2)9-10-20(16)29-3/h4,6-7,9-10,12,19H,5,8,11,13H2,1-3H3,(H,22,25)/t19-/m1/s1. The molecule has 1 N–H and O–H groups in total. The Morgan fingerprint density at radius 1 is 1.28 bits per heavy atom. The first-order valence-corrected chi connectivity index (χ1v) is 9.44. The molecule has 3 rings (SSSR count). The second-order valence-corrected chi connectivity index (χ2v) is 6.99. The SMILES string of the molecule is COc1ccc(OC)c([C@H]2CCCN2CC(=O)Nc2cccc([N+](=O)[O-])c2C)c1. The van der Waals surface area contributed by atoms with E-state index in [-0.39, 0.29) is 24.2 Å². The third kappa shape index (κ3) is 4.48. The fourth-order valence-electron chi connectivity index (χ4n) is 3.80. The number of nitro benzene ring substituents is 1. The summed E-state index contributed by atoms with van der Waals surface area (Å²) in [5.41, 5.74) is 1.88. The van der Waals surface area contributed by atoms with E-state index in [1.807, 2.05) is 18.2 Å². The fraction of sp³-hybridized carbons (Fsp3) is 0.381. The Hall–Kier alpha value is -3.13. The molecule has 1 atom stereocenters. The van der Waals surface area contributed by atoms with Gasteiger partial charge in [0.15, 0.2) is 0 Å². The number of amides is 1. The maximum atomic E-state index is 12.7. The van der Waals surface area contributed by atoms with Crippen LogP contribution in [0.1, 0.15) is 30.0 Å². The summed E-state index contributed by atoms with van der Waals surface area (Å²) in [4.78, 5) is 25.4. The third-order valence-electron chi connectivity index (χ3n) is 5.28. The van der Waals surface area contributed by atoms with E-state index < -0.39 is 4.92 Å². The van der Waals surface area contributed by atoms with Gasteiger partial charge in [0, 0.05) is 17.7 Å². The first-order valence-electron chi connectivity index (χ1n) is 9.44. The van der Waals surface area contributed by atoms with Gasteiger partial charge in [0.25, 0.3) is 5.69 Å². The quantitative estimate of drug-likeness (QED) is 0.564. The number of carbonyl (C=O) groups excluding carboxylic acids is 1. The highest BCUT2D eigenvalue weighted by molar-refractivity contribution is 5.93. The molecular formula is C21H25N3O5. The molecule has 0 radical (unpaired) electrons. The van der Waals surface area contributed by atoms with Crippen LogP contribution in [0, 0.1) is 17.0 Å². The Labute approximate surface area is 169 Å². The topological polar surface area (TPSA) is 93.9 Å². The first kappa shape index (κ1) is 20.6. The number of ether oxygens (including phenoxy) is 2. The normalized spacial score (nSPS) is 16.4. The molecule has 1 fully saturated rings. The molecule has 0 bridgehead atoms. The Balaban J connectivity index is 1.76. The summed E-state index contributed by atoms with van der Waals surface area (Å²) >= 11 is 0. The van der Waals surface area contributed by atoms with Gasteiger partial charge in [0.1, 0.15) is 11.5 Å². The van der Waals surface area contributed by atoms with Gasteiger partial charge in [0.2, 0.25) is 5.91 Å². The molecule has 154 valence electrons. The van der Waals surface area contributed by atoms with Gasteiger partial charge in [-0.05, 0) is 50.6 Å². The highest BCUT2D eigenvalue weighted by atomic mass is 16.6. The lowest BCUT2D eigenvalue weighted by Gasteiger charge is -2.26. The molecule has 2 aromatic carbocycles. The number of nitrogens with zero attached hydrogens (tertiary/aromatic N) is 2. The average Bonchev–Trinajstić information content (AvgIpc) is 3.16. The maximum Gasteiger partial charge on any atom is 0.274 e. The van der Waals surface area contributed by atoms with E-state index in [0.29, 0.717) is 11.3 Å². The minimum atomic E-state index is -0.448.